The van der Waals surface area contributed by atoms with Crippen LogP contribution in [0.25, 0.3) is 0 Å². The van der Waals surface area contributed by atoms with E-state index in [1.807, 2.05) is 0 Å². The lowest BCUT2D eigenvalue weighted by atomic mass is 9.76. The predicted molar refractivity (Wildman–Crippen MR) is 75.2 cm³/mol. The molecule has 1 saturated carbocycles. The molecule has 2 atom stereocenters. The topological polar surface area (TPSA) is 0 Å². The molecule has 2 unspecified atom stereocenters. The van der Waals surface area contributed by atoms with E-state index < -0.39 is 0 Å². The highest BCUT2D eigenvalue weighted by atomic mass is 14.3. The Morgan fingerprint density at radius 1 is 1.00 bits per heavy atom. The fraction of sp³-hybridized carbons (Fsp3) is 0.647. The third kappa shape index (κ3) is 3.59. The van der Waals surface area contributed by atoms with Crippen molar-refractivity contribution in [2.45, 2.75) is 58.3 Å². The Labute approximate surface area is 106 Å². The zero-order valence-electron chi connectivity index (χ0n) is 11.4. The van der Waals surface area contributed by atoms with Gasteiger partial charge in [0.15, 0.2) is 0 Å². The highest BCUT2D eigenvalue weighted by molar-refractivity contribution is 5.18. The van der Waals surface area contributed by atoms with Crippen LogP contribution in [0.3, 0.4) is 0 Å². The van der Waals surface area contributed by atoms with E-state index in [4.69, 9.17) is 0 Å². The third-order valence-corrected chi connectivity index (χ3v) is 4.55. The lowest BCUT2D eigenvalue weighted by Gasteiger charge is -2.29. The standard InChI is InChI=1S/C17H26/c1-14(16-9-5-3-6-10-16)13-15(2)17-11-7-4-8-12-17/h3,5-6,9-10,14-15,17H,4,7-8,11-13H2,1-2H3. The van der Waals surface area contributed by atoms with Crippen molar-refractivity contribution >= 4 is 0 Å². The summed E-state index contributed by atoms with van der Waals surface area (Å²) in [5, 5.41) is 0. The van der Waals surface area contributed by atoms with E-state index in [9.17, 15) is 0 Å². The number of hydrogen-bond donors (Lipinski definition) is 0. The van der Waals surface area contributed by atoms with Gasteiger partial charge in [-0.15, -0.1) is 0 Å². The maximum absolute atomic E-state index is 2.47. The Bertz CT molecular complexity index is 308. The number of benzene rings is 1. The van der Waals surface area contributed by atoms with Crippen LogP contribution in [0.2, 0.25) is 0 Å². The Kier molecular flexibility index (Phi) is 4.65. The fourth-order valence-electron chi connectivity index (χ4n) is 3.37. The van der Waals surface area contributed by atoms with Crippen LogP contribution in [0.1, 0.15) is 63.9 Å². The van der Waals surface area contributed by atoms with E-state index in [1.165, 1.54) is 44.1 Å². The molecule has 0 aromatic heterocycles. The van der Waals surface area contributed by atoms with E-state index in [2.05, 4.69) is 44.2 Å². The van der Waals surface area contributed by atoms with Crippen LogP contribution in [0.5, 0.6) is 0 Å². The zero-order valence-corrected chi connectivity index (χ0v) is 11.4. The van der Waals surface area contributed by atoms with E-state index >= 15 is 0 Å². The van der Waals surface area contributed by atoms with Crippen molar-refractivity contribution in [1.29, 1.82) is 0 Å². The molecule has 1 aromatic rings. The Hall–Kier alpha value is -0.780. The minimum absolute atomic E-state index is 0.716. The molecule has 0 amide bonds. The summed E-state index contributed by atoms with van der Waals surface area (Å²) in [5.41, 5.74) is 1.51. The van der Waals surface area contributed by atoms with Gasteiger partial charge in [0.1, 0.15) is 0 Å². The highest BCUT2D eigenvalue weighted by Gasteiger charge is 2.21. The lowest BCUT2D eigenvalue weighted by Crippen LogP contribution is -2.17. The maximum atomic E-state index is 2.47. The van der Waals surface area contributed by atoms with Crippen molar-refractivity contribution in [3.8, 4) is 0 Å². The number of hydrogen-bond acceptors (Lipinski definition) is 0. The van der Waals surface area contributed by atoms with Gasteiger partial charge in [-0.1, -0.05) is 76.3 Å². The first-order chi connectivity index (χ1) is 8.27. The van der Waals surface area contributed by atoms with Gasteiger partial charge in [-0.3, -0.25) is 0 Å². The molecular formula is C17H26. The summed E-state index contributed by atoms with van der Waals surface area (Å²) in [7, 11) is 0. The smallest absolute Gasteiger partial charge is 0.0188 e. The van der Waals surface area contributed by atoms with Gasteiger partial charge < -0.3 is 0 Å². The Morgan fingerprint density at radius 3 is 2.29 bits per heavy atom. The number of rotatable bonds is 4. The molecule has 1 aliphatic rings. The van der Waals surface area contributed by atoms with Gasteiger partial charge in [-0.05, 0) is 29.7 Å². The van der Waals surface area contributed by atoms with Crippen molar-refractivity contribution < 1.29 is 0 Å². The fourth-order valence-corrected chi connectivity index (χ4v) is 3.37. The summed E-state index contributed by atoms with van der Waals surface area (Å²) in [5.74, 6) is 2.61. The lowest BCUT2D eigenvalue weighted by molar-refractivity contribution is 0.244. The molecule has 94 valence electrons. The molecule has 0 aliphatic heterocycles. The van der Waals surface area contributed by atoms with Gasteiger partial charge in [-0.25, -0.2) is 0 Å². The quantitative estimate of drug-likeness (QED) is 0.650. The van der Waals surface area contributed by atoms with Gasteiger partial charge in [0, 0.05) is 0 Å². The molecule has 0 bridgehead atoms. The van der Waals surface area contributed by atoms with Crippen LogP contribution >= 0.6 is 0 Å². The molecule has 1 fully saturated rings. The van der Waals surface area contributed by atoms with Gasteiger partial charge in [0.25, 0.3) is 0 Å². The monoisotopic (exact) mass is 230 g/mol. The second-order valence-electron chi connectivity index (χ2n) is 5.92. The highest BCUT2D eigenvalue weighted by Crippen LogP contribution is 2.35. The predicted octanol–water partition coefficient (Wildman–Crippen LogP) is 5.40. The molecule has 1 aromatic carbocycles. The third-order valence-electron chi connectivity index (χ3n) is 4.55. The van der Waals surface area contributed by atoms with Crippen LogP contribution in [0, 0.1) is 11.8 Å². The van der Waals surface area contributed by atoms with Crippen molar-refractivity contribution in [1.82, 2.24) is 0 Å². The summed E-state index contributed by atoms with van der Waals surface area (Å²) in [6, 6.07) is 11.0. The minimum Gasteiger partial charge on any atom is -0.0622 e. The van der Waals surface area contributed by atoms with Crippen molar-refractivity contribution in [3.05, 3.63) is 35.9 Å². The van der Waals surface area contributed by atoms with Gasteiger partial charge in [-0.2, -0.15) is 0 Å². The van der Waals surface area contributed by atoms with Gasteiger partial charge in [0.2, 0.25) is 0 Å². The van der Waals surface area contributed by atoms with Crippen molar-refractivity contribution in [2.75, 3.05) is 0 Å². The van der Waals surface area contributed by atoms with Crippen molar-refractivity contribution in [3.63, 3.8) is 0 Å². The molecule has 0 radical (unpaired) electrons. The van der Waals surface area contributed by atoms with E-state index in [0.717, 1.165) is 11.8 Å². The van der Waals surface area contributed by atoms with Crippen LogP contribution in [0.15, 0.2) is 30.3 Å². The Morgan fingerprint density at radius 2 is 1.65 bits per heavy atom. The summed E-state index contributed by atoms with van der Waals surface area (Å²) < 4.78 is 0. The molecular weight excluding hydrogens is 204 g/mol. The molecule has 0 heteroatoms. The van der Waals surface area contributed by atoms with Gasteiger partial charge in [0.05, 0.1) is 0 Å². The SMILES string of the molecule is CC(CC(C)C1CCCCC1)c1ccccc1. The summed E-state index contributed by atoms with van der Waals surface area (Å²) >= 11 is 0. The molecule has 0 spiro atoms. The van der Waals surface area contributed by atoms with Crippen LogP contribution < -0.4 is 0 Å². The van der Waals surface area contributed by atoms with Crippen LogP contribution in [-0.2, 0) is 0 Å². The molecule has 2 rings (SSSR count). The van der Waals surface area contributed by atoms with Gasteiger partial charge >= 0.3 is 0 Å². The van der Waals surface area contributed by atoms with Crippen LogP contribution in [-0.4, -0.2) is 0 Å². The summed E-state index contributed by atoms with van der Waals surface area (Å²) in [4.78, 5) is 0. The average molecular weight is 230 g/mol. The van der Waals surface area contributed by atoms with Crippen molar-refractivity contribution in [2.24, 2.45) is 11.8 Å². The second kappa shape index (κ2) is 6.23. The van der Waals surface area contributed by atoms with E-state index in [-0.39, 0.29) is 0 Å². The maximum Gasteiger partial charge on any atom is -0.0188 e. The molecule has 17 heavy (non-hydrogen) atoms. The molecule has 0 heterocycles. The van der Waals surface area contributed by atoms with Crippen LogP contribution in [0.4, 0.5) is 0 Å². The molecule has 0 N–H and O–H groups in total. The minimum atomic E-state index is 0.716. The first kappa shape index (κ1) is 12.7. The zero-order chi connectivity index (χ0) is 12.1. The largest absolute Gasteiger partial charge is 0.0622 e. The second-order valence-corrected chi connectivity index (χ2v) is 5.92. The molecule has 1 aliphatic carbocycles. The first-order valence-corrected chi connectivity index (χ1v) is 7.32. The molecule has 0 saturated heterocycles. The average Bonchev–Trinajstić information content (AvgIpc) is 2.40. The molecule has 0 nitrogen and oxygen atoms in total. The first-order valence-electron chi connectivity index (χ1n) is 7.32. The normalized spacial score (nSPS) is 21.1. The van der Waals surface area contributed by atoms with E-state index in [1.54, 1.807) is 0 Å². The van der Waals surface area contributed by atoms with E-state index in [0.29, 0.717) is 5.92 Å². The Balaban J connectivity index is 1.87. The summed E-state index contributed by atoms with van der Waals surface area (Å²) in [6.07, 6.45) is 8.71. The summed E-state index contributed by atoms with van der Waals surface area (Å²) in [6.45, 7) is 4.85.